The number of rotatable bonds is 5. The van der Waals surface area contributed by atoms with Crippen LogP contribution in [0.3, 0.4) is 0 Å². The van der Waals surface area contributed by atoms with Gasteiger partial charge in [0.2, 0.25) is 0 Å². The normalized spacial score (nSPS) is 11.5. The highest BCUT2D eigenvalue weighted by Gasteiger charge is 2.06. The molecule has 5 heteroatoms. The molecule has 0 fully saturated rings. The molecule has 0 aliphatic carbocycles. The molecule has 3 rings (SSSR count). The van der Waals surface area contributed by atoms with Gasteiger partial charge in [-0.25, -0.2) is 4.98 Å². The summed E-state index contributed by atoms with van der Waals surface area (Å²) in [6.07, 6.45) is 1.76. The van der Waals surface area contributed by atoms with Gasteiger partial charge in [-0.3, -0.25) is 0 Å². The molecule has 0 radical (unpaired) electrons. The van der Waals surface area contributed by atoms with Gasteiger partial charge in [-0.15, -0.1) is 0 Å². The Labute approximate surface area is 159 Å². The molecule has 0 saturated heterocycles. The van der Waals surface area contributed by atoms with Crippen LogP contribution in [0.15, 0.2) is 72.9 Å². The second-order valence-electron chi connectivity index (χ2n) is 6.16. The number of aromatic nitrogens is 1. The van der Waals surface area contributed by atoms with E-state index >= 15 is 0 Å². The first-order chi connectivity index (χ1) is 12.6. The maximum absolute atomic E-state index is 5.40. The molecule has 1 heterocycles. The van der Waals surface area contributed by atoms with Gasteiger partial charge in [0.25, 0.3) is 0 Å². The monoisotopic (exact) mass is 362 g/mol. The van der Waals surface area contributed by atoms with E-state index in [4.69, 9.17) is 12.2 Å². The van der Waals surface area contributed by atoms with Crippen molar-refractivity contribution in [2.75, 3.05) is 10.6 Å². The Morgan fingerprint density at radius 1 is 0.962 bits per heavy atom. The van der Waals surface area contributed by atoms with Crippen LogP contribution in [0.4, 0.5) is 17.2 Å². The lowest BCUT2D eigenvalue weighted by atomic mass is 10.1. The van der Waals surface area contributed by atoms with Gasteiger partial charge in [-0.2, -0.15) is 0 Å². The molecule has 0 amide bonds. The minimum Gasteiger partial charge on any atom is -0.356 e. The van der Waals surface area contributed by atoms with Crippen molar-refractivity contribution in [2.24, 2.45) is 0 Å². The number of anilines is 3. The van der Waals surface area contributed by atoms with Gasteiger partial charge in [0, 0.05) is 5.69 Å². The number of pyridine rings is 1. The standard InChI is InChI=1S/C21H22N4S/c1-15-7-6-10-18(13-15)24-20-12-11-19(14-22-20)25-21(26)23-16(2)17-8-4-3-5-9-17/h3-14,16H,1-2H3,(H,22,24)(H2,23,25,26)/t16-/m1/s1. The van der Waals surface area contributed by atoms with Gasteiger partial charge in [0.1, 0.15) is 5.82 Å². The molecule has 0 bridgehead atoms. The zero-order valence-electron chi connectivity index (χ0n) is 14.9. The number of benzene rings is 2. The predicted molar refractivity (Wildman–Crippen MR) is 113 cm³/mol. The van der Waals surface area contributed by atoms with Crippen molar-refractivity contribution in [1.82, 2.24) is 10.3 Å². The maximum atomic E-state index is 5.40. The van der Waals surface area contributed by atoms with Crippen molar-refractivity contribution in [1.29, 1.82) is 0 Å². The zero-order valence-corrected chi connectivity index (χ0v) is 15.7. The van der Waals surface area contributed by atoms with Crippen LogP contribution in [0.2, 0.25) is 0 Å². The van der Waals surface area contributed by atoms with Gasteiger partial charge in [-0.1, -0.05) is 42.5 Å². The first-order valence-electron chi connectivity index (χ1n) is 8.52. The van der Waals surface area contributed by atoms with E-state index in [2.05, 4.69) is 59.0 Å². The quantitative estimate of drug-likeness (QED) is 0.546. The molecule has 0 unspecified atom stereocenters. The van der Waals surface area contributed by atoms with E-state index in [9.17, 15) is 0 Å². The lowest BCUT2D eigenvalue weighted by molar-refractivity contribution is 0.722. The Balaban J connectivity index is 1.56. The van der Waals surface area contributed by atoms with E-state index in [1.165, 1.54) is 11.1 Å². The van der Waals surface area contributed by atoms with Crippen LogP contribution in [0.25, 0.3) is 0 Å². The van der Waals surface area contributed by atoms with E-state index < -0.39 is 0 Å². The smallest absolute Gasteiger partial charge is 0.171 e. The summed E-state index contributed by atoms with van der Waals surface area (Å²) in [5.41, 5.74) is 4.26. The third-order valence-corrected chi connectivity index (χ3v) is 4.18. The van der Waals surface area contributed by atoms with Crippen LogP contribution < -0.4 is 16.0 Å². The highest BCUT2D eigenvalue weighted by atomic mass is 32.1. The van der Waals surface area contributed by atoms with E-state index in [1.54, 1.807) is 6.20 Å². The number of nitrogens with zero attached hydrogens (tertiary/aromatic N) is 1. The van der Waals surface area contributed by atoms with Crippen LogP contribution in [0, 0.1) is 6.92 Å². The highest BCUT2D eigenvalue weighted by Crippen LogP contribution is 2.17. The minimum absolute atomic E-state index is 0.131. The molecule has 3 N–H and O–H groups in total. The fourth-order valence-corrected chi connectivity index (χ4v) is 2.90. The van der Waals surface area contributed by atoms with Crippen molar-refractivity contribution < 1.29 is 0 Å². The number of thiocarbonyl (C=S) groups is 1. The molecule has 2 aromatic carbocycles. The van der Waals surface area contributed by atoms with Crippen molar-refractivity contribution in [3.05, 3.63) is 84.1 Å². The summed E-state index contributed by atoms with van der Waals surface area (Å²) >= 11 is 5.40. The Hall–Kier alpha value is -2.92. The van der Waals surface area contributed by atoms with E-state index in [0.717, 1.165) is 17.2 Å². The average molecular weight is 363 g/mol. The van der Waals surface area contributed by atoms with Crippen LogP contribution in [-0.2, 0) is 0 Å². The van der Waals surface area contributed by atoms with Gasteiger partial charge >= 0.3 is 0 Å². The summed E-state index contributed by atoms with van der Waals surface area (Å²) in [4.78, 5) is 4.43. The fourth-order valence-electron chi connectivity index (χ4n) is 2.60. The summed E-state index contributed by atoms with van der Waals surface area (Å²) in [5, 5.41) is 10.3. The van der Waals surface area contributed by atoms with Crippen molar-refractivity contribution in [3.63, 3.8) is 0 Å². The van der Waals surface area contributed by atoms with Gasteiger partial charge in [-0.05, 0) is 61.5 Å². The summed E-state index contributed by atoms with van der Waals surface area (Å²) in [6.45, 7) is 4.15. The Kier molecular flexibility index (Phi) is 5.81. The molecule has 26 heavy (non-hydrogen) atoms. The summed E-state index contributed by atoms with van der Waals surface area (Å²) in [5.74, 6) is 0.790. The molecule has 0 aliphatic rings. The number of hydrogen-bond acceptors (Lipinski definition) is 3. The van der Waals surface area contributed by atoms with Crippen molar-refractivity contribution in [3.8, 4) is 0 Å². The van der Waals surface area contributed by atoms with Crippen molar-refractivity contribution >= 4 is 34.5 Å². The van der Waals surface area contributed by atoms with Gasteiger partial charge in [0.05, 0.1) is 17.9 Å². The molecule has 4 nitrogen and oxygen atoms in total. The van der Waals surface area contributed by atoms with Crippen LogP contribution in [0.1, 0.15) is 24.1 Å². The fraction of sp³-hybridized carbons (Fsp3) is 0.143. The van der Waals surface area contributed by atoms with Crippen LogP contribution in [0.5, 0.6) is 0 Å². The molecule has 1 aromatic heterocycles. The first kappa shape index (κ1) is 17.9. The average Bonchev–Trinajstić information content (AvgIpc) is 2.64. The highest BCUT2D eigenvalue weighted by molar-refractivity contribution is 7.80. The number of hydrogen-bond donors (Lipinski definition) is 3. The zero-order chi connectivity index (χ0) is 18.4. The lowest BCUT2D eigenvalue weighted by Gasteiger charge is -2.17. The molecule has 132 valence electrons. The molecule has 0 spiro atoms. The van der Waals surface area contributed by atoms with E-state index in [-0.39, 0.29) is 6.04 Å². The third-order valence-electron chi connectivity index (χ3n) is 3.96. The molecule has 1 atom stereocenters. The summed E-state index contributed by atoms with van der Waals surface area (Å²) < 4.78 is 0. The minimum atomic E-state index is 0.131. The SMILES string of the molecule is Cc1cccc(Nc2ccc(NC(=S)N[C@H](C)c3ccccc3)cn2)c1. The molecular formula is C21H22N4S. The topological polar surface area (TPSA) is 49.0 Å². The number of nitrogens with one attached hydrogen (secondary N) is 3. The van der Waals surface area contributed by atoms with E-state index in [0.29, 0.717) is 5.11 Å². The Morgan fingerprint density at radius 2 is 1.77 bits per heavy atom. The van der Waals surface area contributed by atoms with Gasteiger partial charge in [0.15, 0.2) is 5.11 Å². The van der Waals surface area contributed by atoms with Crippen molar-refractivity contribution in [2.45, 2.75) is 19.9 Å². The first-order valence-corrected chi connectivity index (χ1v) is 8.93. The van der Waals surface area contributed by atoms with Crippen LogP contribution in [-0.4, -0.2) is 10.1 Å². The molecule has 0 saturated carbocycles. The second-order valence-corrected chi connectivity index (χ2v) is 6.57. The van der Waals surface area contributed by atoms with Gasteiger partial charge < -0.3 is 16.0 Å². The largest absolute Gasteiger partial charge is 0.356 e. The summed E-state index contributed by atoms with van der Waals surface area (Å²) in [7, 11) is 0. The van der Waals surface area contributed by atoms with E-state index in [1.807, 2.05) is 42.5 Å². The predicted octanol–water partition coefficient (Wildman–Crippen LogP) is 5.18. The number of aryl methyl sites for hydroxylation is 1. The molecular weight excluding hydrogens is 340 g/mol. The Morgan fingerprint density at radius 3 is 2.46 bits per heavy atom. The maximum Gasteiger partial charge on any atom is 0.171 e. The molecule has 0 aliphatic heterocycles. The lowest BCUT2D eigenvalue weighted by Crippen LogP contribution is -2.30. The van der Waals surface area contributed by atoms with Crippen LogP contribution >= 0.6 is 12.2 Å². The Bertz CT molecular complexity index is 863. The molecule has 3 aromatic rings. The summed E-state index contributed by atoms with van der Waals surface area (Å²) in [6, 6.07) is 22.4. The second kappa shape index (κ2) is 8.45. The third kappa shape index (κ3) is 5.04.